The minimum Gasteiger partial charge on any atom is -0.464 e. The Morgan fingerprint density at radius 3 is 2.85 bits per heavy atom. The van der Waals surface area contributed by atoms with Gasteiger partial charge in [-0.3, -0.25) is 0 Å². The lowest BCUT2D eigenvalue weighted by Crippen LogP contribution is -2.12. The van der Waals surface area contributed by atoms with Crippen LogP contribution < -0.4 is 0 Å². The van der Waals surface area contributed by atoms with Crippen LogP contribution in [0.25, 0.3) is 21.7 Å². The standard InChI is InChI=1S/C20H17ClN2O3S/c1-11-5-4-6-13(7-11)19-22-14(12(2)26-19)10-23-15-9-18(21)27-17(15)8-16(23)20(24)25-3/h4-9H,10H2,1-3H3. The molecule has 0 saturated heterocycles. The monoisotopic (exact) mass is 400 g/mol. The predicted molar refractivity (Wildman–Crippen MR) is 107 cm³/mol. The average Bonchev–Trinajstić information content (AvgIpc) is 3.28. The summed E-state index contributed by atoms with van der Waals surface area (Å²) in [4.78, 5) is 16.9. The van der Waals surface area contributed by atoms with Gasteiger partial charge >= 0.3 is 5.97 Å². The van der Waals surface area contributed by atoms with Crippen LogP contribution in [0.4, 0.5) is 0 Å². The van der Waals surface area contributed by atoms with E-state index >= 15 is 0 Å². The van der Waals surface area contributed by atoms with Gasteiger partial charge in [0.2, 0.25) is 5.89 Å². The quantitative estimate of drug-likeness (QED) is 0.426. The summed E-state index contributed by atoms with van der Waals surface area (Å²) in [6, 6.07) is 11.6. The summed E-state index contributed by atoms with van der Waals surface area (Å²) in [7, 11) is 1.37. The van der Waals surface area contributed by atoms with Gasteiger partial charge in [0.15, 0.2) is 0 Å². The van der Waals surface area contributed by atoms with E-state index in [-0.39, 0.29) is 0 Å². The number of aryl methyl sites for hydroxylation is 2. The van der Waals surface area contributed by atoms with Crippen LogP contribution in [0.2, 0.25) is 4.34 Å². The fourth-order valence-corrected chi connectivity index (χ4v) is 4.26. The molecule has 7 heteroatoms. The highest BCUT2D eigenvalue weighted by molar-refractivity contribution is 7.22. The number of fused-ring (bicyclic) bond motifs is 1. The van der Waals surface area contributed by atoms with Crippen molar-refractivity contribution in [3.05, 3.63) is 63.4 Å². The van der Waals surface area contributed by atoms with Gasteiger partial charge in [-0.25, -0.2) is 9.78 Å². The number of hydrogen-bond acceptors (Lipinski definition) is 5. The first kappa shape index (κ1) is 17.8. The maximum absolute atomic E-state index is 12.2. The predicted octanol–water partition coefficient (Wildman–Crippen LogP) is 5.46. The van der Waals surface area contributed by atoms with Crippen LogP contribution in [0.1, 0.15) is 27.5 Å². The number of hydrogen-bond donors (Lipinski definition) is 0. The molecule has 138 valence electrons. The normalized spacial score (nSPS) is 11.3. The number of oxazole rings is 1. The van der Waals surface area contributed by atoms with Gasteiger partial charge in [-0.1, -0.05) is 29.3 Å². The van der Waals surface area contributed by atoms with E-state index in [4.69, 9.17) is 20.8 Å². The van der Waals surface area contributed by atoms with Crippen LogP contribution in [0, 0.1) is 13.8 Å². The topological polar surface area (TPSA) is 57.3 Å². The number of carbonyl (C=O) groups is 1. The summed E-state index contributed by atoms with van der Waals surface area (Å²) in [6.07, 6.45) is 0. The van der Waals surface area contributed by atoms with E-state index in [9.17, 15) is 4.79 Å². The number of halogens is 1. The van der Waals surface area contributed by atoms with Crippen molar-refractivity contribution >= 4 is 39.1 Å². The van der Waals surface area contributed by atoms with E-state index < -0.39 is 5.97 Å². The van der Waals surface area contributed by atoms with Crippen LogP contribution in [-0.2, 0) is 11.3 Å². The Morgan fingerprint density at radius 2 is 2.11 bits per heavy atom. The highest BCUT2D eigenvalue weighted by Gasteiger charge is 2.21. The van der Waals surface area contributed by atoms with Crippen LogP contribution in [0.15, 0.2) is 40.8 Å². The molecule has 3 aromatic heterocycles. The number of methoxy groups -OCH3 is 1. The van der Waals surface area contributed by atoms with E-state index in [1.165, 1.54) is 18.4 Å². The zero-order chi connectivity index (χ0) is 19.1. The van der Waals surface area contributed by atoms with E-state index in [1.54, 1.807) is 6.07 Å². The number of carbonyl (C=O) groups excluding carboxylic acids is 1. The number of rotatable bonds is 4. The van der Waals surface area contributed by atoms with Gasteiger partial charge in [0.25, 0.3) is 0 Å². The largest absolute Gasteiger partial charge is 0.464 e. The lowest BCUT2D eigenvalue weighted by atomic mass is 10.1. The zero-order valence-electron chi connectivity index (χ0n) is 15.1. The van der Waals surface area contributed by atoms with E-state index in [1.807, 2.05) is 48.7 Å². The molecule has 0 aliphatic rings. The van der Waals surface area contributed by atoms with Crippen molar-refractivity contribution < 1.29 is 13.9 Å². The first-order chi connectivity index (χ1) is 13.0. The minimum absolute atomic E-state index is 0.391. The number of ether oxygens (including phenoxy) is 1. The second kappa shape index (κ2) is 6.87. The molecule has 0 spiro atoms. The first-order valence-electron chi connectivity index (χ1n) is 8.36. The lowest BCUT2D eigenvalue weighted by Gasteiger charge is -2.07. The smallest absolute Gasteiger partial charge is 0.354 e. The summed E-state index contributed by atoms with van der Waals surface area (Å²) < 4.78 is 14.3. The van der Waals surface area contributed by atoms with Gasteiger partial charge in [0.1, 0.15) is 17.1 Å². The fraction of sp³-hybridized carbons (Fsp3) is 0.200. The third-order valence-electron chi connectivity index (χ3n) is 4.42. The third-order valence-corrected chi connectivity index (χ3v) is 5.62. The van der Waals surface area contributed by atoms with Gasteiger partial charge in [-0.05, 0) is 38.1 Å². The van der Waals surface area contributed by atoms with Crippen LogP contribution in [0.3, 0.4) is 0 Å². The molecule has 4 rings (SSSR count). The van der Waals surface area contributed by atoms with Gasteiger partial charge < -0.3 is 13.7 Å². The van der Waals surface area contributed by atoms with Gasteiger partial charge in [-0.2, -0.15) is 0 Å². The molecular formula is C20H17ClN2O3S. The lowest BCUT2D eigenvalue weighted by molar-refractivity contribution is 0.0589. The zero-order valence-corrected chi connectivity index (χ0v) is 16.6. The van der Waals surface area contributed by atoms with Gasteiger partial charge in [0, 0.05) is 5.56 Å². The Bertz CT molecular complexity index is 1160. The van der Waals surface area contributed by atoms with Crippen molar-refractivity contribution in [2.24, 2.45) is 0 Å². The molecule has 0 saturated carbocycles. The van der Waals surface area contributed by atoms with Crippen molar-refractivity contribution in [2.75, 3.05) is 7.11 Å². The molecule has 0 aliphatic heterocycles. The molecule has 3 heterocycles. The molecule has 0 amide bonds. The first-order valence-corrected chi connectivity index (χ1v) is 9.56. The van der Waals surface area contributed by atoms with Crippen molar-refractivity contribution in [1.29, 1.82) is 0 Å². The molecule has 0 aliphatic carbocycles. The summed E-state index contributed by atoms with van der Waals surface area (Å²) in [6.45, 7) is 4.29. The molecule has 5 nitrogen and oxygen atoms in total. The molecule has 0 unspecified atom stereocenters. The number of nitrogens with zero attached hydrogens (tertiary/aromatic N) is 2. The maximum Gasteiger partial charge on any atom is 0.354 e. The SMILES string of the molecule is COC(=O)c1cc2sc(Cl)cc2n1Cc1nc(-c2cccc(C)c2)oc1C. The van der Waals surface area contributed by atoms with Gasteiger partial charge in [-0.15, -0.1) is 11.3 Å². The second-order valence-corrected chi connectivity index (χ2v) is 8.01. The molecule has 0 N–H and O–H groups in total. The van der Waals surface area contributed by atoms with Crippen molar-refractivity contribution in [3.63, 3.8) is 0 Å². The van der Waals surface area contributed by atoms with Crippen LogP contribution >= 0.6 is 22.9 Å². The Morgan fingerprint density at radius 1 is 1.30 bits per heavy atom. The number of aromatic nitrogens is 2. The highest BCUT2D eigenvalue weighted by atomic mass is 35.5. The van der Waals surface area contributed by atoms with E-state index in [0.29, 0.717) is 28.2 Å². The maximum atomic E-state index is 12.2. The number of esters is 1. The Kier molecular flexibility index (Phi) is 4.53. The minimum atomic E-state index is -0.394. The summed E-state index contributed by atoms with van der Waals surface area (Å²) >= 11 is 7.58. The molecule has 0 bridgehead atoms. The van der Waals surface area contributed by atoms with E-state index in [0.717, 1.165) is 27.0 Å². The molecule has 27 heavy (non-hydrogen) atoms. The van der Waals surface area contributed by atoms with E-state index in [2.05, 4.69) is 4.98 Å². The number of benzene rings is 1. The van der Waals surface area contributed by atoms with Gasteiger partial charge in [0.05, 0.1) is 28.2 Å². The summed E-state index contributed by atoms with van der Waals surface area (Å²) in [5.41, 5.74) is 4.17. The average molecular weight is 401 g/mol. The van der Waals surface area contributed by atoms with Crippen molar-refractivity contribution in [2.45, 2.75) is 20.4 Å². The number of thiophene rings is 1. The molecule has 4 aromatic rings. The molecule has 0 fully saturated rings. The second-order valence-electron chi connectivity index (χ2n) is 6.30. The van der Waals surface area contributed by atoms with Crippen molar-refractivity contribution in [1.82, 2.24) is 9.55 Å². The third kappa shape index (κ3) is 3.26. The van der Waals surface area contributed by atoms with Crippen molar-refractivity contribution in [3.8, 4) is 11.5 Å². The molecular weight excluding hydrogens is 384 g/mol. The fourth-order valence-electron chi connectivity index (χ4n) is 3.08. The molecule has 0 atom stereocenters. The Labute approximate surface area is 165 Å². The summed E-state index contributed by atoms with van der Waals surface area (Å²) in [5, 5.41) is 0. The molecule has 1 aromatic carbocycles. The molecule has 0 radical (unpaired) electrons. The van der Waals surface area contributed by atoms with Crippen LogP contribution in [-0.4, -0.2) is 22.6 Å². The highest BCUT2D eigenvalue weighted by Crippen LogP contribution is 2.33. The Balaban J connectivity index is 1.77. The van der Waals surface area contributed by atoms with Crippen LogP contribution in [0.5, 0.6) is 0 Å². The Hall–Kier alpha value is -2.57. The summed E-state index contributed by atoms with van der Waals surface area (Å²) in [5.74, 6) is 0.887.